The lowest BCUT2D eigenvalue weighted by Crippen LogP contribution is -2.50. The second-order valence-corrected chi connectivity index (χ2v) is 14.1. The van der Waals surface area contributed by atoms with Crippen molar-refractivity contribution in [2.24, 2.45) is 11.8 Å². The van der Waals surface area contributed by atoms with Gasteiger partial charge in [0.1, 0.15) is 24.2 Å². The number of carbonyl (C=O) groups is 2. The summed E-state index contributed by atoms with van der Waals surface area (Å²) in [5.74, 6) is 0.107. The first kappa shape index (κ1) is 64.6. The average Bonchev–Trinajstić information content (AvgIpc) is 3.10. The average molecular weight is 790 g/mol. The number of hydrogen-bond donors (Lipinski definition) is 7. The highest BCUT2D eigenvalue weighted by molar-refractivity contribution is 5.75. The first-order valence-electron chi connectivity index (χ1n) is 19.4. The SMILES string of the molecule is C.CCC.CCC(=O)NCCCO.CCC(CC(C)OO[C@H](C[C@H](OC)C(C)C=O)C(C)(O)C[C@@H](C)CC)N(C)C.CCO.CNC(O)C(C)(O)COC. The summed E-state index contributed by atoms with van der Waals surface area (Å²) in [4.78, 5) is 35.4. The maximum atomic E-state index is 11.2. The lowest BCUT2D eigenvalue weighted by Gasteiger charge is -2.36. The van der Waals surface area contributed by atoms with Gasteiger partial charge in [0.15, 0.2) is 0 Å². The molecule has 0 aromatic carbocycles. The maximum Gasteiger partial charge on any atom is 0.219 e. The molecule has 7 N–H and O–H groups in total. The van der Waals surface area contributed by atoms with Crippen molar-refractivity contribution in [2.45, 2.75) is 177 Å². The minimum absolute atomic E-state index is 0. The van der Waals surface area contributed by atoms with Crippen molar-refractivity contribution in [2.75, 3.05) is 61.7 Å². The van der Waals surface area contributed by atoms with Gasteiger partial charge in [-0.25, -0.2) is 9.78 Å². The Morgan fingerprint density at radius 1 is 0.907 bits per heavy atom. The summed E-state index contributed by atoms with van der Waals surface area (Å²) < 4.78 is 10.2. The van der Waals surface area contributed by atoms with E-state index in [1.807, 2.05) is 13.8 Å². The molecule has 9 atom stereocenters. The van der Waals surface area contributed by atoms with Crippen LogP contribution in [0.3, 0.4) is 0 Å². The van der Waals surface area contributed by atoms with Crippen LogP contribution in [0.2, 0.25) is 0 Å². The first-order chi connectivity index (χ1) is 24.7. The van der Waals surface area contributed by atoms with E-state index in [1.54, 1.807) is 34.9 Å². The molecule has 0 aliphatic carbocycles. The van der Waals surface area contributed by atoms with Crippen LogP contribution in [-0.2, 0) is 28.8 Å². The molecular formula is C40H91N3O11. The number of aliphatic hydroxyl groups excluding tert-OH is 3. The van der Waals surface area contributed by atoms with Crippen LogP contribution < -0.4 is 10.6 Å². The molecule has 0 aromatic rings. The number of amides is 1. The second-order valence-electron chi connectivity index (χ2n) is 14.1. The molecule has 0 aliphatic heterocycles. The quantitative estimate of drug-likeness (QED) is 0.0233. The smallest absolute Gasteiger partial charge is 0.219 e. The molecule has 6 unspecified atom stereocenters. The first-order valence-corrected chi connectivity index (χ1v) is 19.4. The molecule has 0 spiro atoms. The molecule has 332 valence electrons. The number of likely N-dealkylation sites (N-methyl/N-ethyl adjacent to an activating group) is 1. The molecule has 0 saturated carbocycles. The fourth-order valence-corrected chi connectivity index (χ4v) is 4.64. The van der Waals surface area contributed by atoms with Gasteiger partial charge in [-0.15, -0.1) is 0 Å². The summed E-state index contributed by atoms with van der Waals surface area (Å²) in [6.45, 7) is 22.3. The normalized spacial score (nSPS) is 16.7. The van der Waals surface area contributed by atoms with E-state index in [1.165, 1.54) is 20.5 Å². The van der Waals surface area contributed by atoms with Gasteiger partial charge in [-0.1, -0.05) is 68.7 Å². The van der Waals surface area contributed by atoms with Crippen molar-refractivity contribution in [1.29, 1.82) is 0 Å². The van der Waals surface area contributed by atoms with Crippen molar-refractivity contribution < 1.29 is 54.4 Å². The third-order valence-corrected chi connectivity index (χ3v) is 8.12. The Kier molecular flexibility index (Phi) is 49.4. The number of hydrogen-bond acceptors (Lipinski definition) is 13. The van der Waals surface area contributed by atoms with Crippen molar-refractivity contribution in [1.82, 2.24) is 15.5 Å². The standard InChI is InChI=1S/C22H45NO5.C6H15NO3.C6H13NO2.C3H8.C2H6O.CH4/c1-10-16(3)14-22(6,25)21(13-20(26-9)17(4)15-24)28-27-18(5)12-19(11-2)23(7)8;1-6(9,4-10-3)5(8)7-2;1-2-6(9)7-4-3-5-8;1-3-2;1-2-3;/h15-21,25H,10-14H2,1-9H3;5,7-9H,4H2,1-3H3;8H,2-5H2,1H3,(H,7,9);3H2,1-2H3;3H,2H2,1H3;1H4/t16-,17?,18?,19?,20-,21+,22?;;;;;/m0...../s1. The van der Waals surface area contributed by atoms with E-state index in [0.717, 1.165) is 25.5 Å². The largest absolute Gasteiger partial charge is 0.397 e. The molecule has 14 nitrogen and oxygen atoms in total. The predicted octanol–water partition coefficient (Wildman–Crippen LogP) is 4.72. The second kappa shape index (κ2) is 41.3. The number of carbonyl (C=O) groups excluding carboxylic acids is 2. The highest BCUT2D eigenvalue weighted by atomic mass is 17.2. The zero-order valence-corrected chi connectivity index (χ0v) is 36.7. The van der Waals surface area contributed by atoms with E-state index in [-0.39, 0.29) is 51.3 Å². The van der Waals surface area contributed by atoms with E-state index in [4.69, 9.17) is 29.8 Å². The Morgan fingerprint density at radius 3 is 1.78 bits per heavy atom. The van der Waals surface area contributed by atoms with Crippen LogP contribution in [0.25, 0.3) is 0 Å². The highest BCUT2D eigenvalue weighted by Crippen LogP contribution is 2.30. The molecule has 14 heteroatoms. The van der Waals surface area contributed by atoms with Crippen molar-refractivity contribution >= 4 is 12.2 Å². The number of nitrogens with zero attached hydrogens (tertiary/aromatic N) is 1. The molecule has 0 bridgehead atoms. The zero-order chi connectivity index (χ0) is 42.6. The topological polar surface area (TPSA) is 200 Å². The van der Waals surface area contributed by atoms with Gasteiger partial charge in [-0.2, -0.15) is 0 Å². The summed E-state index contributed by atoms with van der Waals surface area (Å²) in [5, 5.41) is 50.6. The van der Waals surface area contributed by atoms with E-state index in [0.29, 0.717) is 44.2 Å². The molecule has 1 amide bonds. The van der Waals surface area contributed by atoms with E-state index < -0.39 is 23.5 Å². The Labute approximate surface area is 332 Å². The highest BCUT2D eigenvalue weighted by Gasteiger charge is 2.38. The third kappa shape index (κ3) is 37.6. The van der Waals surface area contributed by atoms with E-state index in [9.17, 15) is 19.8 Å². The third-order valence-electron chi connectivity index (χ3n) is 8.12. The lowest BCUT2D eigenvalue weighted by atomic mass is 9.83. The molecule has 0 fully saturated rings. The van der Waals surface area contributed by atoms with Crippen molar-refractivity contribution in [3.63, 3.8) is 0 Å². The van der Waals surface area contributed by atoms with Crippen molar-refractivity contribution in [3.05, 3.63) is 0 Å². The van der Waals surface area contributed by atoms with Gasteiger partial charge in [-0.05, 0) is 80.4 Å². The number of rotatable bonds is 24. The van der Waals surface area contributed by atoms with Gasteiger partial charge >= 0.3 is 0 Å². The van der Waals surface area contributed by atoms with Crippen molar-refractivity contribution in [3.8, 4) is 0 Å². The molecule has 0 radical (unpaired) electrons. The molecule has 0 saturated heterocycles. The number of aldehydes is 1. The van der Waals surface area contributed by atoms with Crippen LogP contribution in [0.4, 0.5) is 0 Å². The Bertz CT molecular complexity index is 790. The van der Waals surface area contributed by atoms with Crippen LogP contribution in [0.15, 0.2) is 0 Å². The summed E-state index contributed by atoms with van der Waals surface area (Å²) in [7, 11) is 8.74. The Morgan fingerprint density at radius 2 is 1.43 bits per heavy atom. The minimum Gasteiger partial charge on any atom is -0.397 e. The number of methoxy groups -OCH3 is 2. The Hall–Kier alpha value is -1.30. The molecule has 0 rings (SSSR count). The van der Waals surface area contributed by atoms with Gasteiger partial charge < -0.3 is 50.0 Å². The van der Waals surface area contributed by atoms with E-state index >= 15 is 0 Å². The van der Waals surface area contributed by atoms with Crippen LogP contribution in [-0.4, -0.2) is 146 Å². The van der Waals surface area contributed by atoms with Gasteiger partial charge in [0.2, 0.25) is 5.91 Å². The minimum atomic E-state index is -1.22. The molecule has 0 heterocycles. The molecular weight excluding hydrogens is 698 g/mol. The van der Waals surface area contributed by atoms with Gasteiger partial charge in [0.25, 0.3) is 0 Å². The number of aliphatic hydroxyl groups is 5. The Balaban J connectivity index is -0.000000180. The van der Waals surface area contributed by atoms with Crippen LogP contribution >= 0.6 is 0 Å². The molecule has 54 heavy (non-hydrogen) atoms. The monoisotopic (exact) mass is 790 g/mol. The summed E-state index contributed by atoms with van der Waals surface area (Å²) in [6, 6.07) is 0.402. The van der Waals surface area contributed by atoms with Crippen LogP contribution in [0.5, 0.6) is 0 Å². The molecule has 0 aliphatic rings. The fourth-order valence-electron chi connectivity index (χ4n) is 4.64. The summed E-state index contributed by atoms with van der Waals surface area (Å²) in [5.41, 5.74) is -2.30. The van der Waals surface area contributed by atoms with Gasteiger partial charge in [0.05, 0.1) is 24.4 Å². The zero-order valence-electron chi connectivity index (χ0n) is 36.7. The van der Waals surface area contributed by atoms with Gasteiger partial charge in [-0.3, -0.25) is 10.1 Å². The summed E-state index contributed by atoms with van der Waals surface area (Å²) in [6.07, 6.45) is 5.11. The predicted molar refractivity (Wildman–Crippen MR) is 221 cm³/mol. The summed E-state index contributed by atoms with van der Waals surface area (Å²) >= 11 is 0. The van der Waals surface area contributed by atoms with Gasteiger partial charge in [0, 0.05) is 58.8 Å². The number of nitrogens with one attached hydrogen (secondary N) is 2. The fraction of sp³-hybridized carbons (Fsp3) is 0.950. The molecule has 0 aromatic heterocycles. The maximum absolute atomic E-state index is 11.2. The lowest BCUT2D eigenvalue weighted by molar-refractivity contribution is -0.376. The van der Waals surface area contributed by atoms with Crippen LogP contribution in [0, 0.1) is 11.8 Å². The number of ether oxygens (including phenoxy) is 2. The van der Waals surface area contributed by atoms with Crippen LogP contribution in [0.1, 0.15) is 135 Å². The van der Waals surface area contributed by atoms with E-state index in [2.05, 4.69) is 69.0 Å².